The number of aromatic amines is 1. The molecule has 0 bridgehead atoms. The van der Waals surface area contributed by atoms with Crippen LogP contribution in [0.15, 0.2) is 65.6 Å². The molecule has 0 aliphatic carbocycles. The van der Waals surface area contributed by atoms with Crippen LogP contribution in [0, 0.1) is 5.82 Å². The van der Waals surface area contributed by atoms with Gasteiger partial charge in [-0.15, -0.1) is 0 Å². The van der Waals surface area contributed by atoms with Crippen molar-refractivity contribution in [2.45, 2.75) is 12.0 Å². The second-order valence-electron chi connectivity index (χ2n) is 7.69. The standard InChI is InChI=1S/C23H17FN6O/c1-30-16-6-3-11-25-21(16)27-22(30)18-19(12-7-9-13(24)10-8-12)26-15-5-2-4-14-17(15)20(18)28-29-23(14)31/h2-11,18-19,26H,1H3,(H,29,31). The highest BCUT2D eigenvalue weighted by Crippen LogP contribution is 2.46. The number of nitrogens with one attached hydrogen (secondary N) is 2. The van der Waals surface area contributed by atoms with E-state index in [4.69, 9.17) is 4.98 Å². The summed E-state index contributed by atoms with van der Waals surface area (Å²) in [4.78, 5) is 21.7. The number of imidazole rings is 1. The van der Waals surface area contributed by atoms with Gasteiger partial charge in [0, 0.05) is 24.3 Å². The Morgan fingerprint density at radius 3 is 2.71 bits per heavy atom. The van der Waals surface area contributed by atoms with Crippen LogP contribution in [0.25, 0.3) is 21.9 Å². The highest BCUT2D eigenvalue weighted by atomic mass is 19.1. The number of hydrogen-bond acceptors (Lipinski definition) is 5. The molecule has 2 aromatic carbocycles. The first-order valence-corrected chi connectivity index (χ1v) is 9.92. The van der Waals surface area contributed by atoms with Crippen LogP contribution in [0.5, 0.6) is 0 Å². The van der Waals surface area contributed by atoms with Crippen LogP contribution in [-0.4, -0.2) is 24.7 Å². The van der Waals surface area contributed by atoms with Crippen molar-refractivity contribution in [1.29, 1.82) is 0 Å². The van der Waals surface area contributed by atoms with Gasteiger partial charge in [0.1, 0.15) is 11.6 Å². The Morgan fingerprint density at radius 2 is 1.90 bits per heavy atom. The molecule has 1 aliphatic heterocycles. The molecule has 0 radical (unpaired) electrons. The predicted octanol–water partition coefficient (Wildman–Crippen LogP) is 3.64. The van der Waals surface area contributed by atoms with E-state index in [0.29, 0.717) is 11.0 Å². The topological polar surface area (TPSA) is 88.5 Å². The van der Waals surface area contributed by atoms with Crippen molar-refractivity contribution in [3.05, 3.63) is 94.0 Å². The van der Waals surface area contributed by atoms with Crippen LogP contribution >= 0.6 is 0 Å². The van der Waals surface area contributed by atoms with Crippen molar-refractivity contribution < 1.29 is 4.39 Å². The number of H-pyrrole nitrogens is 1. The van der Waals surface area contributed by atoms with Crippen LogP contribution in [0.4, 0.5) is 10.1 Å². The molecule has 2 unspecified atom stereocenters. The molecule has 0 saturated heterocycles. The molecule has 6 rings (SSSR count). The summed E-state index contributed by atoms with van der Waals surface area (Å²) in [5.74, 6) is 0.123. The average Bonchev–Trinajstić information content (AvgIpc) is 3.12. The van der Waals surface area contributed by atoms with Crippen molar-refractivity contribution in [3.63, 3.8) is 0 Å². The smallest absolute Gasteiger partial charge is 0.272 e. The van der Waals surface area contributed by atoms with Crippen LogP contribution in [0.1, 0.15) is 29.0 Å². The third-order valence-corrected chi connectivity index (χ3v) is 5.98. The average molecular weight is 412 g/mol. The minimum Gasteiger partial charge on any atom is -0.377 e. The van der Waals surface area contributed by atoms with E-state index in [-0.39, 0.29) is 23.3 Å². The van der Waals surface area contributed by atoms with Crippen molar-refractivity contribution in [2.75, 3.05) is 5.32 Å². The van der Waals surface area contributed by atoms with Gasteiger partial charge < -0.3 is 9.88 Å². The van der Waals surface area contributed by atoms with E-state index in [2.05, 4.69) is 20.5 Å². The SMILES string of the molecule is Cn1c(C2c3n[nH]c(=O)c4cccc(c34)NC2c2ccc(F)cc2)nc2ncccc21. The number of halogens is 1. The summed E-state index contributed by atoms with van der Waals surface area (Å²) in [6, 6.07) is 15.5. The second-order valence-corrected chi connectivity index (χ2v) is 7.69. The predicted molar refractivity (Wildman–Crippen MR) is 115 cm³/mol. The van der Waals surface area contributed by atoms with Gasteiger partial charge in [0.2, 0.25) is 0 Å². The molecule has 8 heteroatoms. The summed E-state index contributed by atoms with van der Waals surface area (Å²) < 4.78 is 15.6. The Bertz CT molecular complexity index is 1520. The third-order valence-electron chi connectivity index (χ3n) is 5.98. The molecule has 2 atom stereocenters. The van der Waals surface area contributed by atoms with Gasteiger partial charge in [-0.2, -0.15) is 5.10 Å². The molecular weight excluding hydrogens is 395 g/mol. The normalized spacial score (nSPS) is 17.7. The number of anilines is 1. The fourth-order valence-electron chi connectivity index (χ4n) is 4.54. The highest BCUT2D eigenvalue weighted by molar-refractivity contribution is 5.97. The maximum absolute atomic E-state index is 13.6. The quantitative estimate of drug-likeness (QED) is 0.462. The zero-order valence-corrected chi connectivity index (χ0v) is 16.5. The summed E-state index contributed by atoms with van der Waals surface area (Å²) >= 11 is 0. The number of nitrogens with zero attached hydrogens (tertiary/aromatic N) is 4. The molecular formula is C23H17FN6O. The third kappa shape index (κ3) is 2.58. The fraction of sp³-hybridized carbons (Fsp3) is 0.130. The fourth-order valence-corrected chi connectivity index (χ4v) is 4.54. The summed E-state index contributed by atoms with van der Waals surface area (Å²) in [6.07, 6.45) is 1.71. The number of fused-ring (bicyclic) bond motifs is 1. The molecule has 152 valence electrons. The summed E-state index contributed by atoms with van der Waals surface area (Å²) in [7, 11) is 1.94. The Balaban J connectivity index is 1.67. The van der Waals surface area contributed by atoms with Gasteiger partial charge in [-0.25, -0.2) is 19.5 Å². The van der Waals surface area contributed by atoms with Crippen LogP contribution in [0.3, 0.4) is 0 Å². The Labute approximate surface area is 175 Å². The molecule has 0 saturated carbocycles. The van der Waals surface area contributed by atoms with Gasteiger partial charge in [0.05, 0.1) is 28.6 Å². The molecule has 0 fully saturated rings. The molecule has 31 heavy (non-hydrogen) atoms. The minimum atomic E-state index is -0.334. The lowest BCUT2D eigenvalue weighted by Crippen LogP contribution is -2.29. The van der Waals surface area contributed by atoms with E-state index in [1.165, 1.54) is 12.1 Å². The van der Waals surface area contributed by atoms with Crippen molar-refractivity contribution in [1.82, 2.24) is 24.7 Å². The van der Waals surface area contributed by atoms with E-state index >= 15 is 0 Å². The molecule has 2 N–H and O–H groups in total. The number of aromatic nitrogens is 5. The van der Waals surface area contributed by atoms with E-state index in [1.54, 1.807) is 24.4 Å². The van der Waals surface area contributed by atoms with Gasteiger partial charge in [-0.3, -0.25) is 4.79 Å². The lowest BCUT2D eigenvalue weighted by atomic mass is 9.83. The van der Waals surface area contributed by atoms with Gasteiger partial charge in [0.25, 0.3) is 5.56 Å². The highest BCUT2D eigenvalue weighted by Gasteiger charge is 2.37. The molecule has 5 aromatic rings. The van der Waals surface area contributed by atoms with Crippen LogP contribution < -0.4 is 10.9 Å². The zero-order chi connectivity index (χ0) is 21.1. The minimum absolute atomic E-state index is 0.243. The van der Waals surface area contributed by atoms with E-state index in [9.17, 15) is 9.18 Å². The van der Waals surface area contributed by atoms with E-state index in [0.717, 1.165) is 33.7 Å². The first-order valence-electron chi connectivity index (χ1n) is 9.92. The van der Waals surface area contributed by atoms with Gasteiger partial charge in [-0.1, -0.05) is 18.2 Å². The number of rotatable bonds is 2. The van der Waals surface area contributed by atoms with Crippen molar-refractivity contribution in [3.8, 4) is 0 Å². The number of hydrogen-bond donors (Lipinski definition) is 2. The van der Waals surface area contributed by atoms with Gasteiger partial charge in [-0.05, 0) is 42.0 Å². The zero-order valence-electron chi connectivity index (χ0n) is 16.5. The molecule has 1 aliphatic rings. The maximum atomic E-state index is 13.6. The Kier molecular flexibility index (Phi) is 3.70. The monoisotopic (exact) mass is 412 g/mol. The van der Waals surface area contributed by atoms with Gasteiger partial charge in [0.15, 0.2) is 5.65 Å². The Hall–Kier alpha value is -4.07. The Morgan fingerprint density at radius 1 is 1.06 bits per heavy atom. The lowest BCUT2D eigenvalue weighted by Gasteiger charge is -2.34. The van der Waals surface area contributed by atoms with Crippen LogP contribution in [-0.2, 0) is 7.05 Å². The summed E-state index contributed by atoms with van der Waals surface area (Å²) in [5, 5.41) is 12.0. The maximum Gasteiger partial charge on any atom is 0.272 e. The van der Waals surface area contributed by atoms with Gasteiger partial charge >= 0.3 is 0 Å². The number of pyridine rings is 1. The first kappa shape index (κ1) is 17.8. The summed E-state index contributed by atoms with van der Waals surface area (Å²) in [5.41, 5.74) is 3.72. The largest absolute Gasteiger partial charge is 0.377 e. The van der Waals surface area contributed by atoms with E-state index in [1.807, 2.05) is 35.9 Å². The first-order chi connectivity index (χ1) is 15.1. The number of benzene rings is 2. The molecule has 0 spiro atoms. The molecule has 3 aromatic heterocycles. The van der Waals surface area contributed by atoms with Crippen LogP contribution in [0.2, 0.25) is 0 Å². The van der Waals surface area contributed by atoms with Crippen molar-refractivity contribution >= 4 is 27.6 Å². The van der Waals surface area contributed by atoms with E-state index < -0.39 is 0 Å². The summed E-state index contributed by atoms with van der Waals surface area (Å²) in [6.45, 7) is 0. The molecule has 7 nitrogen and oxygen atoms in total. The molecule has 4 heterocycles. The molecule has 0 amide bonds. The number of aryl methyl sites for hydroxylation is 1. The second kappa shape index (κ2) is 6.46. The van der Waals surface area contributed by atoms with Crippen molar-refractivity contribution in [2.24, 2.45) is 7.05 Å². The lowest BCUT2D eigenvalue weighted by molar-refractivity contribution is 0.584.